The van der Waals surface area contributed by atoms with E-state index in [1.165, 1.54) is 18.2 Å². The fourth-order valence-electron chi connectivity index (χ4n) is 2.74. The van der Waals surface area contributed by atoms with Gasteiger partial charge < -0.3 is 15.2 Å². The summed E-state index contributed by atoms with van der Waals surface area (Å²) in [4.78, 5) is 24.0. The van der Waals surface area contributed by atoms with Crippen LogP contribution in [0.1, 0.15) is 24.5 Å². The summed E-state index contributed by atoms with van der Waals surface area (Å²) in [5.41, 5.74) is 1.87. The zero-order valence-electron chi connectivity index (χ0n) is 12.4. The Bertz CT molecular complexity index is 543. The van der Waals surface area contributed by atoms with Crippen LogP contribution in [-0.2, 0) is 27.2 Å². The Labute approximate surface area is 124 Å². The van der Waals surface area contributed by atoms with Gasteiger partial charge in [-0.3, -0.25) is 4.79 Å². The van der Waals surface area contributed by atoms with Crippen molar-refractivity contribution in [3.05, 3.63) is 35.4 Å². The summed E-state index contributed by atoms with van der Waals surface area (Å²) in [7, 11) is 1.23. The lowest BCUT2D eigenvalue weighted by Crippen LogP contribution is -2.51. The van der Waals surface area contributed by atoms with E-state index in [1.54, 1.807) is 0 Å². The number of fused-ring (bicyclic) bond motifs is 1. The van der Waals surface area contributed by atoms with Gasteiger partial charge in [-0.25, -0.2) is 4.79 Å². The van der Waals surface area contributed by atoms with Gasteiger partial charge in [-0.1, -0.05) is 31.2 Å². The van der Waals surface area contributed by atoms with Gasteiger partial charge in [0.25, 0.3) is 0 Å². The minimum Gasteiger partial charge on any atom is -0.467 e. The van der Waals surface area contributed by atoms with Crippen molar-refractivity contribution >= 4 is 11.9 Å². The Hall–Kier alpha value is -1.88. The van der Waals surface area contributed by atoms with Gasteiger partial charge in [-0.2, -0.15) is 0 Å². The van der Waals surface area contributed by atoms with E-state index in [0.717, 1.165) is 12.8 Å². The zero-order valence-corrected chi connectivity index (χ0v) is 12.4. The Morgan fingerprint density at radius 3 is 2.67 bits per heavy atom. The third-order valence-corrected chi connectivity index (χ3v) is 4.17. The predicted molar refractivity (Wildman–Crippen MR) is 77.6 cm³/mol. The lowest BCUT2D eigenvalue weighted by Gasteiger charge is -2.34. The van der Waals surface area contributed by atoms with Gasteiger partial charge >= 0.3 is 5.97 Å². The minimum absolute atomic E-state index is 0.221. The monoisotopic (exact) mass is 291 g/mol. The molecule has 0 saturated carbocycles. The molecule has 21 heavy (non-hydrogen) atoms. The van der Waals surface area contributed by atoms with Crippen LogP contribution < -0.4 is 5.32 Å². The first-order valence-electron chi connectivity index (χ1n) is 7.06. The van der Waals surface area contributed by atoms with Crippen molar-refractivity contribution in [2.24, 2.45) is 5.41 Å². The van der Waals surface area contributed by atoms with Gasteiger partial charge in [-0.05, 0) is 30.4 Å². The fourth-order valence-corrected chi connectivity index (χ4v) is 2.74. The third kappa shape index (κ3) is 3.24. The number of aryl methyl sites for hydroxylation is 1. The second-order valence-corrected chi connectivity index (χ2v) is 5.74. The largest absolute Gasteiger partial charge is 0.467 e. The first kappa shape index (κ1) is 15.5. The number of esters is 1. The average molecular weight is 291 g/mol. The summed E-state index contributed by atoms with van der Waals surface area (Å²) in [6, 6.07) is 7.08. The van der Waals surface area contributed by atoms with Crippen LogP contribution in [0.25, 0.3) is 0 Å². The third-order valence-electron chi connectivity index (χ3n) is 4.17. The molecule has 0 spiro atoms. The number of aliphatic hydroxyl groups is 1. The number of amides is 1. The van der Waals surface area contributed by atoms with Crippen LogP contribution in [0, 0.1) is 5.41 Å². The minimum atomic E-state index is -1.00. The number of hydrogen-bond donors (Lipinski definition) is 2. The molecule has 0 fully saturated rings. The first-order chi connectivity index (χ1) is 10.00. The summed E-state index contributed by atoms with van der Waals surface area (Å²) < 4.78 is 4.57. The molecule has 114 valence electrons. The van der Waals surface area contributed by atoms with Gasteiger partial charge in [0, 0.05) is 0 Å². The van der Waals surface area contributed by atoms with Gasteiger partial charge in [0.1, 0.15) is 0 Å². The Morgan fingerprint density at radius 1 is 1.38 bits per heavy atom. The molecule has 1 amide bonds. The van der Waals surface area contributed by atoms with E-state index in [4.69, 9.17) is 0 Å². The highest BCUT2D eigenvalue weighted by atomic mass is 16.5. The molecule has 0 aliphatic heterocycles. The van der Waals surface area contributed by atoms with Crippen molar-refractivity contribution in [3.8, 4) is 0 Å². The number of hydrogen-bond acceptors (Lipinski definition) is 4. The molecule has 5 nitrogen and oxygen atoms in total. The van der Waals surface area contributed by atoms with Crippen LogP contribution >= 0.6 is 0 Å². The van der Waals surface area contributed by atoms with E-state index < -0.39 is 24.0 Å². The van der Waals surface area contributed by atoms with Crippen molar-refractivity contribution < 1.29 is 19.4 Å². The molecule has 2 rings (SSSR count). The van der Waals surface area contributed by atoms with Crippen LogP contribution in [0.2, 0.25) is 0 Å². The maximum absolute atomic E-state index is 12.5. The van der Waals surface area contributed by atoms with Gasteiger partial charge in [-0.15, -0.1) is 0 Å². The van der Waals surface area contributed by atoms with E-state index in [0.29, 0.717) is 6.42 Å². The molecule has 0 heterocycles. The number of rotatable bonds is 4. The first-order valence-corrected chi connectivity index (χ1v) is 7.06. The highest BCUT2D eigenvalue weighted by Crippen LogP contribution is 2.35. The van der Waals surface area contributed by atoms with Crippen LogP contribution in [-0.4, -0.2) is 36.7 Å². The second-order valence-electron chi connectivity index (χ2n) is 5.74. The molecule has 0 saturated heterocycles. The highest BCUT2D eigenvalue weighted by molar-refractivity contribution is 5.88. The van der Waals surface area contributed by atoms with Gasteiger partial charge in [0.15, 0.2) is 6.04 Å². The zero-order chi connectivity index (χ0) is 15.5. The summed E-state index contributed by atoms with van der Waals surface area (Å²) in [5.74, 6) is -0.855. The van der Waals surface area contributed by atoms with Crippen molar-refractivity contribution in [2.45, 2.75) is 32.2 Å². The molecule has 0 aromatic heterocycles. The van der Waals surface area contributed by atoms with Crippen molar-refractivity contribution in [1.82, 2.24) is 5.32 Å². The summed E-state index contributed by atoms with van der Waals surface area (Å²) in [6.07, 6.45) is 2.19. The number of benzene rings is 1. The highest BCUT2D eigenvalue weighted by Gasteiger charge is 2.38. The molecular weight excluding hydrogens is 270 g/mol. The molecule has 1 aromatic rings. The quantitative estimate of drug-likeness (QED) is 0.806. The van der Waals surface area contributed by atoms with Crippen molar-refractivity contribution in [3.63, 3.8) is 0 Å². The molecule has 0 bridgehead atoms. The van der Waals surface area contributed by atoms with Crippen LogP contribution in [0.4, 0.5) is 0 Å². The van der Waals surface area contributed by atoms with Crippen LogP contribution in [0.3, 0.4) is 0 Å². The van der Waals surface area contributed by atoms with Crippen molar-refractivity contribution in [2.75, 3.05) is 13.7 Å². The Balaban J connectivity index is 2.11. The molecule has 2 atom stereocenters. The number of ether oxygens (including phenoxy) is 1. The number of aliphatic hydroxyl groups excluding tert-OH is 1. The fraction of sp³-hybridized carbons (Fsp3) is 0.500. The van der Waals surface area contributed by atoms with Gasteiger partial charge in [0.05, 0.1) is 19.1 Å². The molecule has 0 radical (unpaired) electrons. The lowest BCUT2D eigenvalue weighted by atomic mass is 9.72. The Kier molecular flexibility index (Phi) is 4.63. The Morgan fingerprint density at radius 2 is 2.05 bits per heavy atom. The maximum Gasteiger partial charge on any atom is 0.330 e. The summed E-state index contributed by atoms with van der Waals surface area (Å²) in [6.45, 7) is 1.43. The molecule has 2 N–H and O–H groups in total. The molecule has 1 aliphatic carbocycles. The molecule has 5 heteroatoms. The maximum atomic E-state index is 12.5. The van der Waals surface area contributed by atoms with Gasteiger partial charge in [0.2, 0.25) is 5.91 Å². The molecule has 0 unspecified atom stereocenters. The molecule has 1 aromatic carbocycles. The van der Waals surface area contributed by atoms with E-state index in [2.05, 4.69) is 16.1 Å². The lowest BCUT2D eigenvalue weighted by molar-refractivity contribution is -0.147. The number of methoxy groups -OCH3 is 1. The van der Waals surface area contributed by atoms with E-state index in [9.17, 15) is 14.7 Å². The average Bonchev–Trinajstić information content (AvgIpc) is 2.51. The molecule has 1 aliphatic rings. The topological polar surface area (TPSA) is 75.6 Å². The normalized spacial score (nSPS) is 22.0. The predicted octanol–water partition coefficient (Wildman–Crippen LogP) is 0.832. The SMILES string of the molecule is COC(=O)[C@H](CO)NC(=O)[C@]1(C)CCc2ccccc2C1. The smallest absolute Gasteiger partial charge is 0.330 e. The number of nitrogens with one attached hydrogen (secondary N) is 1. The van der Waals surface area contributed by atoms with Crippen LogP contribution in [0.15, 0.2) is 24.3 Å². The number of carbonyl (C=O) groups is 2. The summed E-state index contributed by atoms with van der Waals surface area (Å²) in [5, 5.41) is 11.8. The number of carbonyl (C=O) groups excluding carboxylic acids is 2. The van der Waals surface area contributed by atoms with E-state index >= 15 is 0 Å². The van der Waals surface area contributed by atoms with Crippen LogP contribution in [0.5, 0.6) is 0 Å². The summed E-state index contributed by atoms with van der Waals surface area (Å²) >= 11 is 0. The van der Waals surface area contributed by atoms with E-state index in [1.807, 2.05) is 25.1 Å². The van der Waals surface area contributed by atoms with Crippen molar-refractivity contribution in [1.29, 1.82) is 0 Å². The standard InChI is InChI=1S/C16H21NO4/c1-16(15(20)17-13(10-18)14(19)21-2)8-7-11-5-3-4-6-12(11)9-16/h3-6,13,18H,7-10H2,1-2H3,(H,17,20)/t13-,16+/m0/s1. The molecular formula is C16H21NO4. The van der Waals surface area contributed by atoms with E-state index in [-0.39, 0.29) is 5.91 Å². The second kappa shape index (κ2) is 6.26.